The van der Waals surface area contributed by atoms with Crippen molar-refractivity contribution in [2.45, 2.75) is 103 Å². The molecule has 0 saturated carbocycles. The number of rotatable bonds is 22. The summed E-state index contributed by atoms with van der Waals surface area (Å²) in [5.74, 6) is 1.60. The molecule has 41 heavy (non-hydrogen) atoms. The third kappa shape index (κ3) is 13.1. The largest absolute Gasteiger partial charge is 0.497 e. The van der Waals surface area contributed by atoms with Crippen molar-refractivity contribution in [1.82, 2.24) is 0 Å². The van der Waals surface area contributed by atoms with Crippen molar-refractivity contribution in [1.29, 1.82) is 0 Å². The number of ether oxygens (including phenoxy) is 3. The summed E-state index contributed by atoms with van der Waals surface area (Å²) in [7, 11) is 1.66. The fraction of sp³-hybridized carbons (Fsp3) is 0.514. The smallest absolute Gasteiger partial charge is 0.119 e. The minimum absolute atomic E-state index is 0.171. The summed E-state index contributed by atoms with van der Waals surface area (Å²) in [5, 5.41) is 10.7. The Kier molecular flexibility index (Phi) is 16.0. The fourth-order valence-corrected chi connectivity index (χ4v) is 5.20. The summed E-state index contributed by atoms with van der Waals surface area (Å²) in [5.41, 5.74) is 3.34. The Bertz CT molecular complexity index is 1050. The molecule has 0 aliphatic heterocycles. The van der Waals surface area contributed by atoms with Crippen molar-refractivity contribution >= 4 is 0 Å². The van der Waals surface area contributed by atoms with E-state index in [2.05, 4.69) is 19.1 Å². The molecule has 0 amide bonds. The zero-order chi connectivity index (χ0) is 29.0. The standard InChI is InChI=1S/C37H52O4/c1-3-4-5-6-7-8-9-10-11-12-13-15-19-31-20-18-23-36(28-31)40-29-34(38)30-41-37(32-21-16-14-17-22-32)33-24-26-35(39-2)27-25-33/h14,16-18,20-28,34,37-38H,3-13,15,19,29-30H2,1-2H3. The molecule has 0 bridgehead atoms. The maximum Gasteiger partial charge on any atom is 0.119 e. The van der Waals surface area contributed by atoms with E-state index < -0.39 is 6.10 Å². The van der Waals surface area contributed by atoms with Gasteiger partial charge in [-0.05, 0) is 53.8 Å². The van der Waals surface area contributed by atoms with Gasteiger partial charge in [-0.2, -0.15) is 0 Å². The lowest BCUT2D eigenvalue weighted by molar-refractivity contribution is -0.0122. The second kappa shape index (κ2) is 20.1. The summed E-state index contributed by atoms with van der Waals surface area (Å²) in [6, 6.07) is 26.2. The Morgan fingerprint density at radius 1 is 0.610 bits per heavy atom. The van der Waals surface area contributed by atoms with Crippen LogP contribution in [0.2, 0.25) is 0 Å². The van der Waals surface area contributed by atoms with E-state index in [4.69, 9.17) is 14.2 Å². The molecular weight excluding hydrogens is 508 g/mol. The highest BCUT2D eigenvalue weighted by Gasteiger charge is 2.17. The molecule has 0 aromatic heterocycles. The van der Waals surface area contributed by atoms with E-state index in [1.807, 2.05) is 66.7 Å². The van der Waals surface area contributed by atoms with E-state index in [0.29, 0.717) is 0 Å². The first-order chi connectivity index (χ1) is 20.2. The van der Waals surface area contributed by atoms with Crippen LogP contribution in [0.3, 0.4) is 0 Å². The molecule has 4 heteroatoms. The highest BCUT2D eigenvalue weighted by atomic mass is 16.5. The maximum absolute atomic E-state index is 10.7. The first-order valence-electron chi connectivity index (χ1n) is 15.9. The van der Waals surface area contributed by atoms with Crippen molar-refractivity contribution in [3.8, 4) is 11.5 Å². The molecule has 0 saturated heterocycles. The molecule has 3 rings (SSSR count). The first kappa shape index (κ1) is 32.7. The van der Waals surface area contributed by atoms with Gasteiger partial charge in [0, 0.05) is 0 Å². The van der Waals surface area contributed by atoms with Crippen LogP contribution in [-0.2, 0) is 11.2 Å². The summed E-state index contributed by atoms with van der Waals surface area (Å²) in [6.07, 6.45) is 16.4. The lowest BCUT2D eigenvalue weighted by Crippen LogP contribution is -2.25. The lowest BCUT2D eigenvalue weighted by atomic mass is 10.0. The third-order valence-corrected chi connectivity index (χ3v) is 7.64. The average Bonchev–Trinajstić information content (AvgIpc) is 3.01. The van der Waals surface area contributed by atoms with Crippen LogP contribution in [0, 0.1) is 0 Å². The number of hydrogen-bond acceptors (Lipinski definition) is 4. The summed E-state index contributed by atoms with van der Waals surface area (Å²) in [6.45, 7) is 2.64. The highest BCUT2D eigenvalue weighted by molar-refractivity contribution is 5.34. The van der Waals surface area contributed by atoms with Crippen LogP contribution in [0.4, 0.5) is 0 Å². The normalized spacial score (nSPS) is 12.7. The summed E-state index contributed by atoms with van der Waals surface area (Å²) in [4.78, 5) is 0. The van der Waals surface area contributed by atoms with Crippen molar-refractivity contribution in [2.75, 3.05) is 20.3 Å². The van der Waals surface area contributed by atoms with Gasteiger partial charge in [-0.25, -0.2) is 0 Å². The van der Waals surface area contributed by atoms with Gasteiger partial charge in [-0.3, -0.25) is 0 Å². The molecule has 2 unspecified atom stereocenters. The predicted octanol–water partition coefficient (Wildman–Crippen LogP) is 9.48. The molecule has 3 aromatic carbocycles. The zero-order valence-corrected chi connectivity index (χ0v) is 25.4. The van der Waals surface area contributed by atoms with Gasteiger partial charge in [0.05, 0.1) is 13.7 Å². The first-order valence-corrected chi connectivity index (χ1v) is 15.9. The number of hydrogen-bond donors (Lipinski definition) is 1. The van der Waals surface area contributed by atoms with Crippen LogP contribution < -0.4 is 9.47 Å². The van der Waals surface area contributed by atoms with Gasteiger partial charge < -0.3 is 19.3 Å². The predicted molar refractivity (Wildman–Crippen MR) is 170 cm³/mol. The van der Waals surface area contributed by atoms with Crippen LogP contribution in [-0.4, -0.2) is 31.5 Å². The number of methoxy groups -OCH3 is 1. The van der Waals surface area contributed by atoms with E-state index in [0.717, 1.165) is 29.0 Å². The molecule has 224 valence electrons. The van der Waals surface area contributed by atoms with E-state index in [-0.39, 0.29) is 19.3 Å². The number of benzene rings is 3. The Morgan fingerprint density at radius 3 is 1.85 bits per heavy atom. The SMILES string of the molecule is CCCCCCCCCCCCCCc1cccc(OCC(O)COC(c2ccccc2)c2ccc(OC)cc2)c1. The molecule has 0 radical (unpaired) electrons. The van der Waals surface area contributed by atoms with E-state index >= 15 is 0 Å². The Morgan fingerprint density at radius 2 is 1.22 bits per heavy atom. The van der Waals surface area contributed by atoms with Crippen molar-refractivity contribution < 1.29 is 19.3 Å². The van der Waals surface area contributed by atoms with Gasteiger partial charge in [-0.1, -0.05) is 132 Å². The van der Waals surface area contributed by atoms with Gasteiger partial charge >= 0.3 is 0 Å². The van der Waals surface area contributed by atoms with E-state index in [1.54, 1.807) is 7.11 Å². The van der Waals surface area contributed by atoms with Gasteiger partial charge in [0.15, 0.2) is 0 Å². The molecule has 2 atom stereocenters. The molecule has 1 N–H and O–H groups in total. The molecule has 4 nitrogen and oxygen atoms in total. The highest BCUT2D eigenvalue weighted by Crippen LogP contribution is 2.28. The van der Waals surface area contributed by atoms with Crippen LogP contribution >= 0.6 is 0 Å². The summed E-state index contributed by atoms with van der Waals surface area (Å²) < 4.78 is 17.5. The van der Waals surface area contributed by atoms with Crippen LogP contribution in [0.5, 0.6) is 11.5 Å². The molecule has 3 aromatic rings. The second-order valence-electron chi connectivity index (χ2n) is 11.1. The Hall–Kier alpha value is -2.82. The van der Waals surface area contributed by atoms with Crippen molar-refractivity contribution in [2.24, 2.45) is 0 Å². The van der Waals surface area contributed by atoms with Gasteiger partial charge in [0.2, 0.25) is 0 Å². The maximum atomic E-state index is 10.7. The number of unbranched alkanes of at least 4 members (excludes halogenated alkanes) is 11. The Balaban J connectivity index is 1.34. The lowest BCUT2D eigenvalue weighted by Gasteiger charge is -2.21. The second-order valence-corrected chi connectivity index (χ2v) is 11.1. The third-order valence-electron chi connectivity index (χ3n) is 7.64. The quantitative estimate of drug-likeness (QED) is 0.124. The molecule has 0 fully saturated rings. The Labute approximate surface area is 249 Å². The number of aliphatic hydroxyl groups is 1. The summed E-state index contributed by atoms with van der Waals surface area (Å²) >= 11 is 0. The van der Waals surface area contributed by atoms with E-state index in [1.165, 1.54) is 82.6 Å². The molecule has 0 aliphatic carbocycles. The van der Waals surface area contributed by atoms with Crippen LogP contribution in [0.25, 0.3) is 0 Å². The molecular formula is C37H52O4. The van der Waals surface area contributed by atoms with Crippen molar-refractivity contribution in [3.05, 3.63) is 95.6 Å². The van der Waals surface area contributed by atoms with Crippen LogP contribution in [0.15, 0.2) is 78.9 Å². The topological polar surface area (TPSA) is 47.9 Å². The monoisotopic (exact) mass is 560 g/mol. The van der Waals surface area contributed by atoms with E-state index in [9.17, 15) is 5.11 Å². The fourth-order valence-electron chi connectivity index (χ4n) is 5.20. The van der Waals surface area contributed by atoms with Gasteiger partial charge in [-0.15, -0.1) is 0 Å². The van der Waals surface area contributed by atoms with Crippen molar-refractivity contribution in [3.63, 3.8) is 0 Å². The molecule has 0 aliphatic rings. The molecule has 0 spiro atoms. The minimum Gasteiger partial charge on any atom is -0.497 e. The zero-order valence-electron chi connectivity index (χ0n) is 25.4. The minimum atomic E-state index is -0.737. The molecule has 0 heterocycles. The number of aryl methyl sites for hydroxylation is 1. The van der Waals surface area contributed by atoms with Gasteiger partial charge in [0.1, 0.15) is 30.3 Å². The number of aliphatic hydroxyl groups excluding tert-OH is 1. The van der Waals surface area contributed by atoms with Crippen LogP contribution in [0.1, 0.15) is 107 Å². The average molecular weight is 561 g/mol. The van der Waals surface area contributed by atoms with Gasteiger partial charge in [0.25, 0.3) is 0 Å².